The van der Waals surface area contributed by atoms with Crippen LogP contribution >= 0.6 is 11.6 Å². The minimum Gasteiger partial charge on any atom is -0.373 e. The Morgan fingerprint density at radius 2 is 1.78 bits per heavy atom. The fraction of sp³-hybridized carbons (Fsp3) is 0.526. The molecule has 2 fully saturated rings. The third-order valence-electron chi connectivity index (χ3n) is 4.94. The molecule has 2 aliphatic rings. The van der Waals surface area contributed by atoms with Crippen LogP contribution in [0.1, 0.15) is 37.0 Å². The van der Waals surface area contributed by atoms with Gasteiger partial charge in [-0.2, -0.15) is 4.31 Å². The first-order valence-electron chi connectivity index (χ1n) is 9.09. The number of sulfonamides is 1. The molecule has 0 bridgehead atoms. The second-order valence-electron chi connectivity index (χ2n) is 7.27. The second-order valence-corrected chi connectivity index (χ2v) is 9.58. The van der Waals surface area contributed by atoms with Crippen molar-refractivity contribution in [1.82, 2.24) is 9.21 Å². The predicted molar refractivity (Wildman–Crippen MR) is 104 cm³/mol. The molecule has 148 valence electrons. The van der Waals surface area contributed by atoms with Gasteiger partial charge in [0.05, 0.1) is 17.2 Å². The summed E-state index contributed by atoms with van der Waals surface area (Å²) in [6.45, 7) is 9.34. The molecule has 3 rings (SSSR count). The molecule has 0 aromatic heterocycles. The number of carbonyl (C=O) groups excluding carboxylic acids is 1. The first-order chi connectivity index (χ1) is 12.7. The van der Waals surface area contributed by atoms with Crippen LogP contribution in [0.25, 0.3) is 0 Å². The Morgan fingerprint density at radius 1 is 1.19 bits per heavy atom. The lowest BCUT2D eigenvalue weighted by atomic mass is 10.0. The van der Waals surface area contributed by atoms with Crippen LogP contribution in [0.3, 0.4) is 0 Å². The van der Waals surface area contributed by atoms with Crippen LogP contribution in [0.2, 0.25) is 5.02 Å². The first-order valence-corrected chi connectivity index (χ1v) is 10.9. The molecule has 0 saturated carbocycles. The van der Waals surface area contributed by atoms with Crippen molar-refractivity contribution in [3.05, 3.63) is 40.9 Å². The molecular weight excluding hydrogens is 388 g/mol. The molecule has 0 N–H and O–H groups in total. The number of likely N-dealkylation sites (tertiary alicyclic amines) is 1. The highest BCUT2D eigenvalue weighted by Crippen LogP contribution is 2.29. The van der Waals surface area contributed by atoms with E-state index in [0.717, 1.165) is 18.4 Å². The molecule has 27 heavy (non-hydrogen) atoms. The molecular formula is C19H25ClN2O4S. The molecule has 8 heteroatoms. The van der Waals surface area contributed by atoms with Gasteiger partial charge in [0.25, 0.3) is 5.91 Å². The second kappa shape index (κ2) is 7.91. The number of carbonyl (C=O) groups is 1. The quantitative estimate of drug-likeness (QED) is 0.716. The van der Waals surface area contributed by atoms with E-state index in [-0.39, 0.29) is 41.1 Å². The predicted octanol–water partition coefficient (Wildman–Crippen LogP) is 2.93. The zero-order valence-electron chi connectivity index (χ0n) is 15.7. The van der Waals surface area contributed by atoms with Crippen LogP contribution in [-0.4, -0.2) is 61.9 Å². The summed E-state index contributed by atoms with van der Waals surface area (Å²) in [4.78, 5) is 14.5. The summed E-state index contributed by atoms with van der Waals surface area (Å²) < 4.78 is 33.3. The van der Waals surface area contributed by atoms with Gasteiger partial charge >= 0.3 is 0 Å². The van der Waals surface area contributed by atoms with Crippen molar-refractivity contribution in [2.24, 2.45) is 0 Å². The molecule has 0 spiro atoms. The van der Waals surface area contributed by atoms with E-state index in [1.807, 2.05) is 13.8 Å². The third kappa shape index (κ3) is 4.37. The van der Waals surface area contributed by atoms with Crippen molar-refractivity contribution < 1.29 is 17.9 Å². The van der Waals surface area contributed by atoms with E-state index in [4.69, 9.17) is 16.3 Å². The Hall–Kier alpha value is -1.41. The normalized spacial score (nSPS) is 24.9. The number of hydrogen-bond donors (Lipinski definition) is 0. The molecule has 1 aromatic carbocycles. The number of amides is 1. The van der Waals surface area contributed by atoms with E-state index >= 15 is 0 Å². The molecule has 1 amide bonds. The molecule has 2 unspecified atom stereocenters. The van der Waals surface area contributed by atoms with Crippen molar-refractivity contribution in [2.45, 2.75) is 43.8 Å². The highest BCUT2D eigenvalue weighted by molar-refractivity contribution is 7.89. The molecule has 2 atom stereocenters. The van der Waals surface area contributed by atoms with Crippen LogP contribution in [0.5, 0.6) is 0 Å². The summed E-state index contributed by atoms with van der Waals surface area (Å²) in [6.07, 6.45) is 1.14. The van der Waals surface area contributed by atoms with Gasteiger partial charge in [-0.3, -0.25) is 4.79 Å². The van der Waals surface area contributed by atoms with E-state index in [1.165, 1.54) is 16.4 Å². The average molecular weight is 413 g/mol. The summed E-state index contributed by atoms with van der Waals surface area (Å²) in [5.74, 6) is -0.181. The summed E-state index contributed by atoms with van der Waals surface area (Å²) in [6, 6.07) is 4.46. The zero-order valence-corrected chi connectivity index (χ0v) is 17.2. The molecule has 0 radical (unpaired) electrons. The van der Waals surface area contributed by atoms with Gasteiger partial charge in [0.2, 0.25) is 10.0 Å². The maximum Gasteiger partial charge on any atom is 0.253 e. The zero-order chi connectivity index (χ0) is 19.8. The van der Waals surface area contributed by atoms with Gasteiger partial charge in [0.15, 0.2) is 0 Å². The van der Waals surface area contributed by atoms with Crippen LogP contribution in [0.4, 0.5) is 0 Å². The SMILES string of the molecule is C=C1CCN(C(=O)c2ccc(Cl)c(S(=O)(=O)N3CC(C)OC(C)C3)c2)CC1. The molecule has 6 nitrogen and oxygen atoms in total. The highest BCUT2D eigenvalue weighted by atomic mass is 35.5. The van der Waals surface area contributed by atoms with Crippen LogP contribution < -0.4 is 0 Å². The van der Waals surface area contributed by atoms with Crippen molar-refractivity contribution >= 4 is 27.5 Å². The summed E-state index contributed by atoms with van der Waals surface area (Å²) in [5, 5.41) is 0.116. The number of rotatable bonds is 3. The minimum absolute atomic E-state index is 0.0299. The van der Waals surface area contributed by atoms with Crippen LogP contribution in [-0.2, 0) is 14.8 Å². The average Bonchev–Trinajstić information content (AvgIpc) is 2.61. The first kappa shape index (κ1) is 20.3. The smallest absolute Gasteiger partial charge is 0.253 e. The maximum atomic E-state index is 13.1. The number of morpholine rings is 1. The van der Waals surface area contributed by atoms with Gasteiger partial charge in [-0.25, -0.2) is 8.42 Å². The Morgan fingerprint density at radius 3 is 2.37 bits per heavy atom. The lowest BCUT2D eigenvalue weighted by Crippen LogP contribution is -2.48. The number of halogens is 1. The Kier molecular flexibility index (Phi) is 5.96. The van der Waals surface area contributed by atoms with Crippen molar-refractivity contribution in [3.8, 4) is 0 Å². The van der Waals surface area contributed by atoms with Gasteiger partial charge in [0.1, 0.15) is 4.90 Å². The fourth-order valence-electron chi connectivity index (χ4n) is 3.51. The fourth-order valence-corrected chi connectivity index (χ4v) is 5.60. The van der Waals surface area contributed by atoms with Crippen molar-refractivity contribution in [2.75, 3.05) is 26.2 Å². The summed E-state index contributed by atoms with van der Waals surface area (Å²) in [7, 11) is -3.82. The maximum absolute atomic E-state index is 13.1. The molecule has 2 heterocycles. The van der Waals surface area contributed by atoms with Crippen molar-refractivity contribution in [1.29, 1.82) is 0 Å². The molecule has 2 aliphatic heterocycles. The summed E-state index contributed by atoms with van der Waals surface area (Å²) in [5.41, 5.74) is 1.47. The van der Waals surface area contributed by atoms with Crippen molar-refractivity contribution in [3.63, 3.8) is 0 Å². The highest BCUT2D eigenvalue weighted by Gasteiger charge is 2.34. The molecule has 0 aliphatic carbocycles. The Bertz CT molecular complexity index is 835. The Balaban J connectivity index is 1.88. The topological polar surface area (TPSA) is 66.9 Å². The molecule has 2 saturated heterocycles. The number of hydrogen-bond acceptors (Lipinski definition) is 4. The van der Waals surface area contributed by atoms with E-state index in [0.29, 0.717) is 18.7 Å². The van der Waals surface area contributed by atoms with Crippen LogP contribution in [0, 0.1) is 0 Å². The lowest BCUT2D eigenvalue weighted by Gasteiger charge is -2.34. The van der Waals surface area contributed by atoms with E-state index in [9.17, 15) is 13.2 Å². The lowest BCUT2D eigenvalue weighted by molar-refractivity contribution is -0.0440. The van der Waals surface area contributed by atoms with E-state index in [1.54, 1.807) is 11.0 Å². The monoisotopic (exact) mass is 412 g/mol. The largest absolute Gasteiger partial charge is 0.373 e. The number of benzene rings is 1. The van der Waals surface area contributed by atoms with Gasteiger partial charge < -0.3 is 9.64 Å². The molecule has 1 aromatic rings. The van der Waals surface area contributed by atoms with Gasteiger partial charge in [-0.1, -0.05) is 23.8 Å². The number of piperidine rings is 1. The Labute approximate surface area is 165 Å². The third-order valence-corrected chi connectivity index (χ3v) is 7.25. The minimum atomic E-state index is -3.82. The number of nitrogens with zero attached hydrogens (tertiary/aromatic N) is 2. The number of ether oxygens (including phenoxy) is 1. The van der Waals surface area contributed by atoms with Gasteiger partial charge in [0, 0.05) is 31.7 Å². The standard InChI is InChI=1S/C19H25ClN2O4S/c1-13-6-8-21(9-7-13)19(23)16-4-5-17(20)18(10-16)27(24,25)22-11-14(2)26-15(3)12-22/h4-5,10,14-15H,1,6-9,11-12H2,2-3H3. The summed E-state index contributed by atoms with van der Waals surface area (Å²) >= 11 is 6.21. The van der Waals surface area contributed by atoms with Gasteiger partial charge in [-0.05, 0) is 44.9 Å². The van der Waals surface area contributed by atoms with Gasteiger partial charge in [-0.15, -0.1) is 0 Å². The van der Waals surface area contributed by atoms with E-state index < -0.39 is 10.0 Å². The van der Waals surface area contributed by atoms with Crippen LogP contribution in [0.15, 0.2) is 35.2 Å². The van der Waals surface area contributed by atoms with E-state index in [2.05, 4.69) is 6.58 Å².